The third-order valence-corrected chi connectivity index (χ3v) is 6.57. The van der Waals surface area contributed by atoms with Crippen LogP contribution in [0.4, 0.5) is 0 Å². The lowest BCUT2D eigenvalue weighted by atomic mass is 9.99. The number of hydrogen-bond acceptors (Lipinski definition) is 2. The summed E-state index contributed by atoms with van der Waals surface area (Å²) in [7, 11) is 0. The van der Waals surface area contributed by atoms with Gasteiger partial charge in [0, 0.05) is 22.5 Å². The molecule has 6 aromatic rings. The van der Waals surface area contributed by atoms with E-state index in [1.807, 2.05) is 12.3 Å². The molecular weight excluding hydrogens is 426 g/mol. The summed E-state index contributed by atoms with van der Waals surface area (Å²) in [5.41, 5.74) is 9.87. The average molecular weight is 454 g/mol. The molecule has 0 aliphatic rings. The Labute approximate surface area is 205 Å². The van der Waals surface area contributed by atoms with Crippen molar-refractivity contribution in [3.05, 3.63) is 115 Å². The molecule has 0 saturated carbocycles. The molecule has 0 saturated heterocycles. The number of benzene rings is 4. The molecule has 6 rings (SSSR count). The van der Waals surface area contributed by atoms with Crippen LogP contribution in [0.15, 0.2) is 114 Å². The van der Waals surface area contributed by atoms with Gasteiger partial charge in [0.25, 0.3) is 0 Å². The summed E-state index contributed by atoms with van der Waals surface area (Å²) in [5, 5.41) is 2.25. The van der Waals surface area contributed by atoms with Crippen LogP contribution in [0.25, 0.3) is 55.4 Å². The van der Waals surface area contributed by atoms with Gasteiger partial charge in [0.2, 0.25) is 0 Å². The Morgan fingerprint density at radius 3 is 2.14 bits per heavy atom. The van der Waals surface area contributed by atoms with Crippen molar-refractivity contribution in [2.45, 2.75) is 20.3 Å². The Kier molecular flexibility index (Phi) is 5.42. The maximum absolute atomic E-state index is 6.47. The van der Waals surface area contributed by atoms with E-state index in [0.717, 1.165) is 45.2 Å². The fourth-order valence-corrected chi connectivity index (χ4v) is 4.89. The van der Waals surface area contributed by atoms with E-state index in [1.54, 1.807) is 0 Å². The number of pyridine rings is 1. The highest BCUT2D eigenvalue weighted by atomic mass is 16.3. The Bertz CT molecular complexity index is 1630. The van der Waals surface area contributed by atoms with Crippen molar-refractivity contribution >= 4 is 21.9 Å². The number of para-hydroxylation sites is 1. The van der Waals surface area contributed by atoms with E-state index in [0.29, 0.717) is 5.92 Å². The number of hydrogen-bond donors (Lipinski definition) is 0. The summed E-state index contributed by atoms with van der Waals surface area (Å²) in [5.74, 6) is 0.604. The Morgan fingerprint density at radius 2 is 1.37 bits per heavy atom. The van der Waals surface area contributed by atoms with Crippen LogP contribution in [-0.4, -0.2) is 4.98 Å². The lowest BCUT2D eigenvalue weighted by Gasteiger charge is -2.07. The van der Waals surface area contributed by atoms with Crippen LogP contribution in [0.5, 0.6) is 0 Å². The van der Waals surface area contributed by atoms with Crippen molar-refractivity contribution in [2.75, 3.05) is 0 Å². The zero-order valence-corrected chi connectivity index (χ0v) is 20.0. The van der Waals surface area contributed by atoms with Gasteiger partial charge in [-0.15, -0.1) is 0 Å². The third kappa shape index (κ3) is 4.13. The summed E-state index contributed by atoms with van der Waals surface area (Å²) in [6.07, 6.45) is 2.95. The van der Waals surface area contributed by atoms with Gasteiger partial charge in [-0.1, -0.05) is 86.6 Å². The van der Waals surface area contributed by atoms with Crippen LogP contribution in [0, 0.1) is 5.92 Å². The molecule has 0 radical (unpaired) electrons. The highest BCUT2D eigenvalue weighted by molar-refractivity contribution is 6.10. The van der Waals surface area contributed by atoms with Gasteiger partial charge in [-0.25, -0.2) is 0 Å². The Balaban J connectivity index is 1.40. The molecule has 0 N–H and O–H groups in total. The number of rotatable bonds is 5. The summed E-state index contributed by atoms with van der Waals surface area (Å²) in [6, 6.07) is 36.4. The summed E-state index contributed by atoms with van der Waals surface area (Å²) < 4.78 is 6.47. The average Bonchev–Trinajstić information content (AvgIpc) is 3.27. The van der Waals surface area contributed by atoms with Gasteiger partial charge in [-0.05, 0) is 70.5 Å². The standard InChI is InChI=1S/C33H27NO/c1-22(2)19-23-17-18-34-31(20-23)30-10-6-9-29-28-16-15-27(21-32(28)35-33(29)30)26-13-11-25(12-14-26)24-7-4-3-5-8-24/h3-18,20-22H,19H2,1-2H3. The topological polar surface area (TPSA) is 26.0 Å². The molecule has 0 bridgehead atoms. The predicted octanol–water partition coefficient (Wildman–Crippen LogP) is 9.18. The maximum Gasteiger partial charge on any atom is 0.144 e. The molecule has 170 valence electrons. The molecule has 2 nitrogen and oxygen atoms in total. The highest BCUT2D eigenvalue weighted by Gasteiger charge is 2.14. The molecule has 0 atom stereocenters. The molecular formula is C33H27NO. The van der Waals surface area contributed by atoms with Crippen molar-refractivity contribution < 1.29 is 4.42 Å². The van der Waals surface area contributed by atoms with E-state index in [9.17, 15) is 0 Å². The van der Waals surface area contributed by atoms with Crippen LogP contribution in [0.2, 0.25) is 0 Å². The Hall–Kier alpha value is -4.17. The molecule has 0 spiro atoms. The SMILES string of the molecule is CC(C)Cc1ccnc(-c2cccc3c2oc2cc(-c4ccc(-c5ccccc5)cc4)ccc23)c1. The van der Waals surface area contributed by atoms with Crippen molar-refractivity contribution in [2.24, 2.45) is 5.92 Å². The van der Waals surface area contributed by atoms with Gasteiger partial charge in [-0.2, -0.15) is 0 Å². The molecule has 0 aliphatic heterocycles. The lowest BCUT2D eigenvalue weighted by Crippen LogP contribution is -1.95. The van der Waals surface area contributed by atoms with Crippen LogP contribution in [-0.2, 0) is 6.42 Å². The van der Waals surface area contributed by atoms with Gasteiger partial charge < -0.3 is 4.42 Å². The highest BCUT2D eigenvalue weighted by Crippen LogP contribution is 2.37. The zero-order valence-electron chi connectivity index (χ0n) is 20.0. The number of nitrogens with zero attached hydrogens (tertiary/aromatic N) is 1. The normalized spacial score (nSPS) is 11.5. The van der Waals surface area contributed by atoms with Gasteiger partial charge in [0.15, 0.2) is 0 Å². The molecule has 2 heterocycles. The van der Waals surface area contributed by atoms with Crippen molar-refractivity contribution in [1.29, 1.82) is 0 Å². The minimum Gasteiger partial charge on any atom is -0.455 e. The van der Waals surface area contributed by atoms with Crippen LogP contribution >= 0.6 is 0 Å². The minimum absolute atomic E-state index is 0.604. The summed E-state index contributed by atoms with van der Waals surface area (Å²) in [4.78, 5) is 4.68. The lowest BCUT2D eigenvalue weighted by molar-refractivity contribution is 0.647. The van der Waals surface area contributed by atoms with E-state index in [1.165, 1.54) is 22.3 Å². The fraction of sp³-hybridized carbons (Fsp3) is 0.121. The van der Waals surface area contributed by atoms with Crippen LogP contribution in [0.1, 0.15) is 19.4 Å². The summed E-state index contributed by atoms with van der Waals surface area (Å²) >= 11 is 0. The predicted molar refractivity (Wildman–Crippen MR) is 146 cm³/mol. The molecule has 2 heteroatoms. The van der Waals surface area contributed by atoms with Crippen molar-refractivity contribution in [3.63, 3.8) is 0 Å². The van der Waals surface area contributed by atoms with Gasteiger partial charge >= 0.3 is 0 Å². The zero-order chi connectivity index (χ0) is 23.8. The second-order valence-electron chi connectivity index (χ2n) is 9.59. The van der Waals surface area contributed by atoms with E-state index in [2.05, 4.69) is 116 Å². The van der Waals surface area contributed by atoms with Gasteiger partial charge in [0.1, 0.15) is 11.2 Å². The molecule has 0 aliphatic carbocycles. The van der Waals surface area contributed by atoms with Gasteiger partial charge in [-0.3, -0.25) is 4.98 Å². The van der Waals surface area contributed by atoms with E-state index < -0.39 is 0 Å². The first-order valence-electron chi connectivity index (χ1n) is 12.2. The second-order valence-corrected chi connectivity index (χ2v) is 9.59. The minimum atomic E-state index is 0.604. The molecule has 2 aromatic heterocycles. The van der Waals surface area contributed by atoms with Crippen molar-refractivity contribution in [3.8, 4) is 33.5 Å². The van der Waals surface area contributed by atoms with Crippen molar-refractivity contribution in [1.82, 2.24) is 4.98 Å². The second kappa shape index (κ2) is 8.88. The first-order valence-corrected chi connectivity index (χ1v) is 12.2. The molecule has 0 fully saturated rings. The first kappa shape index (κ1) is 21.4. The fourth-order valence-electron chi connectivity index (χ4n) is 4.89. The smallest absolute Gasteiger partial charge is 0.144 e. The summed E-state index contributed by atoms with van der Waals surface area (Å²) in [6.45, 7) is 4.49. The van der Waals surface area contributed by atoms with E-state index >= 15 is 0 Å². The quantitative estimate of drug-likeness (QED) is 0.260. The maximum atomic E-state index is 6.47. The monoisotopic (exact) mass is 453 g/mol. The first-order chi connectivity index (χ1) is 17.2. The number of furan rings is 1. The molecule has 4 aromatic carbocycles. The Morgan fingerprint density at radius 1 is 0.657 bits per heavy atom. The number of fused-ring (bicyclic) bond motifs is 3. The molecule has 0 unspecified atom stereocenters. The molecule has 0 amide bonds. The van der Waals surface area contributed by atoms with E-state index in [-0.39, 0.29) is 0 Å². The van der Waals surface area contributed by atoms with Crippen LogP contribution in [0.3, 0.4) is 0 Å². The third-order valence-electron chi connectivity index (χ3n) is 6.57. The van der Waals surface area contributed by atoms with Crippen LogP contribution < -0.4 is 0 Å². The largest absolute Gasteiger partial charge is 0.455 e. The molecule has 35 heavy (non-hydrogen) atoms. The van der Waals surface area contributed by atoms with E-state index in [4.69, 9.17) is 4.42 Å². The van der Waals surface area contributed by atoms with Gasteiger partial charge in [0.05, 0.1) is 5.69 Å². The number of aromatic nitrogens is 1.